The molecule has 136 valence electrons. The van der Waals surface area contributed by atoms with Crippen molar-refractivity contribution in [1.29, 1.82) is 5.26 Å². The second kappa shape index (κ2) is 6.90. The van der Waals surface area contributed by atoms with Crippen molar-refractivity contribution >= 4 is 11.8 Å². The zero-order chi connectivity index (χ0) is 18.8. The highest BCUT2D eigenvalue weighted by atomic mass is 19.4. The van der Waals surface area contributed by atoms with Crippen LogP contribution in [0.15, 0.2) is 12.1 Å². The third-order valence-electron chi connectivity index (χ3n) is 4.67. The van der Waals surface area contributed by atoms with E-state index >= 15 is 0 Å². The molecule has 0 aliphatic carbocycles. The van der Waals surface area contributed by atoms with E-state index in [1.54, 1.807) is 11.8 Å². The van der Waals surface area contributed by atoms with Crippen LogP contribution in [0.2, 0.25) is 0 Å². The molecule has 5 nitrogen and oxygen atoms in total. The van der Waals surface area contributed by atoms with E-state index in [1.165, 1.54) is 0 Å². The standard InChI is InChI=1S/C17H20F3N3O2/c1-4-25-15(24)16(11(2)3)7-8-23(10-16)14-12(9-21)5-6-13(22-14)17(18,19)20/h5-6,11H,4,7-8,10H2,1-3H3. The number of carbonyl (C=O) groups excluding carboxylic acids is 1. The highest BCUT2D eigenvalue weighted by Crippen LogP contribution is 2.41. The summed E-state index contributed by atoms with van der Waals surface area (Å²) in [6.07, 6.45) is -4.16. The molecule has 1 aliphatic rings. The topological polar surface area (TPSA) is 66.2 Å². The molecule has 25 heavy (non-hydrogen) atoms. The first-order chi connectivity index (χ1) is 11.7. The van der Waals surface area contributed by atoms with Crippen molar-refractivity contribution in [3.63, 3.8) is 0 Å². The van der Waals surface area contributed by atoms with Crippen molar-refractivity contribution in [2.24, 2.45) is 11.3 Å². The molecular weight excluding hydrogens is 335 g/mol. The van der Waals surface area contributed by atoms with E-state index < -0.39 is 17.3 Å². The predicted molar refractivity (Wildman–Crippen MR) is 84.7 cm³/mol. The Morgan fingerprint density at radius 3 is 2.68 bits per heavy atom. The van der Waals surface area contributed by atoms with Gasteiger partial charge in [0.15, 0.2) is 0 Å². The number of rotatable bonds is 4. The Bertz CT molecular complexity index is 697. The molecule has 0 bridgehead atoms. The molecule has 8 heteroatoms. The summed E-state index contributed by atoms with van der Waals surface area (Å²) in [5.41, 5.74) is -1.82. The third-order valence-corrected chi connectivity index (χ3v) is 4.67. The van der Waals surface area contributed by atoms with Gasteiger partial charge in [0, 0.05) is 13.1 Å². The van der Waals surface area contributed by atoms with Gasteiger partial charge in [-0.05, 0) is 31.4 Å². The summed E-state index contributed by atoms with van der Waals surface area (Å²) in [6.45, 7) is 6.21. The number of carbonyl (C=O) groups is 1. The molecule has 0 radical (unpaired) electrons. The largest absolute Gasteiger partial charge is 0.466 e. The van der Waals surface area contributed by atoms with Crippen molar-refractivity contribution in [3.8, 4) is 6.07 Å². The lowest BCUT2D eigenvalue weighted by Crippen LogP contribution is -2.41. The van der Waals surface area contributed by atoms with Gasteiger partial charge in [0.1, 0.15) is 17.6 Å². The molecule has 1 aromatic rings. The van der Waals surface area contributed by atoms with E-state index in [2.05, 4.69) is 4.98 Å². The van der Waals surface area contributed by atoms with Gasteiger partial charge in [-0.3, -0.25) is 4.79 Å². The normalized spacial score (nSPS) is 20.6. The summed E-state index contributed by atoms with van der Waals surface area (Å²) in [7, 11) is 0. The Kier molecular flexibility index (Phi) is 5.26. The maximum Gasteiger partial charge on any atom is 0.433 e. The summed E-state index contributed by atoms with van der Waals surface area (Å²) < 4.78 is 44.1. The van der Waals surface area contributed by atoms with Crippen LogP contribution in [0.3, 0.4) is 0 Å². The summed E-state index contributed by atoms with van der Waals surface area (Å²) >= 11 is 0. The Balaban J connectivity index is 2.41. The van der Waals surface area contributed by atoms with Crippen LogP contribution in [0.25, 0.3) is 0 Å². The summed E-state index contributed by atoms with van der Waals surface area (Å²) in [5, 5.41) is 9.22. The molecule has 0 saturated carbocycles. The fourth-order valence-corrected chi connectivity index (χ4v) is 3.10. The van der Waals surface area contributed by atoms with Crippen LogP contribution in [0.5, 0.6) is 0 Å². The van der Waals surface area contributed by atoms with Gasteiger partial charge in [0.2, 0.25) is 0 Å². The van der Waals surface area contributed by atoms with Gasteiger partial charge in [-0.2, -0.15) is 18.4 Å². The van der Waals surface area contributed by atoms with Gasteiger partial charge in [0.05, 0.1) is 17.6 Å². The molecule has 1 fully saturated rings. The SMILES string of the molecule is CCOC(=O)C1(C(C)C)CCN(c2nc(C(F)(F)F)ccc2C#N)C1. The lowest BCUT2D eigenvalue weighted by molar-refractivity contribution is -0.157. The van der Waals surface area contributed by atoms with Crippen LogP contribution < -0.4 is 4.90 Å². The number of pyridine rings is 1. The van der Waals surface area contributed by atoms with E-state index in [-0.39, 0.29) is 36.4 Å². The number of alkyl halides is 3. The maximum atomic E-state index is 13.0. The number of esters is 1. The fraction of sp³-hybridized carbons (Fsp3) is 0.588. The van der Waals surface area contributed by atoms with Crippen molar-refractivity contribution in [1.82, 2.24) is 4.98 Å². The van der Waals surface area contributed by atoms with Crippen LogP contribution in [-0.2, 0) is 15.7 Å². The Labute approximate surface area is 144 Å². The van der Waals surface area contributed by atoms with E-state index in [4.69, 9.17) is 4.74 Å². The van der Waals surface area contributed by atoms with Crippen LogP contribution in [-0.4, -0.2) is 30.6 Å². The number of hydrogen-bond acceptors (Lipinski definition) is 5. The molecule has 1 aliphatic heterocycles. The number of nitriles is 1. The average molecular weight is 355 g/mol. The van der Waals surface area contributed by atoms with Gasteiger partial charge >= 0.3 is 12.1 Å². The first-order valence-corrected chi connectivity index (χ1v) is 8.06. The average Bonchev–Trinajstić information content (AvgIpc) is 3.00. The molecule has 0 spiro atoms. The number of halogens is 3. The quantitative estimate of drug-likeness (QED) is 0.775. The van der Waals surface area contributed by atoms with Gasteiger partial charge in [-0.15, -0.1) is 0 Å². The molecule has 0 amide bonds. The van der Waals surface area contributed by atoms with E-state index in [9.17, 15) is 23.2 Å². The zero-order valence-corrected chi connectivity index (χ0v) is 14.4. The Morgan fingerprint density at radius 2 is 2.16 bits per heavy atom. The Hall–Kier alpha value is -2.30. The number of ether oxygens (including phenoxy) is 1. The highest BCUT2D eigenvalue weighted by molar-refractivity contribution is 5.79. The molecule has 1 aromatic heterocycles. The van der Waals surface area contributed by atoms with Crippen LogP contribution >= 0.6 is 0 Å². The number of nitrogens with zero attached hydrogens (tertiary/aromatic N) is 3. The van der Waals surface area contributed by atoms with E-state index in [0.717, 1.165) is 12.1 Å². The van der Waals surface area contributed by atoms with Crippen LogP contribution in [0.1, 0.15) is 38.4 Å². The summed E-state index contributed by atoms with van der Waals surface area (Å²) in [5.74, 6) is -0.463. The lowest BCUT2D eigenvalue weighted by atomic mass is 9.76. The molecule has 0 N–H and O–H groups in total. The zero-order valence-electron chi connectivity index (χ0n) is 14.4. The monoisotopic (exact) mass is 355 g/mol. The molecule has 1 saturated heterocycles. The molecule has 2 heterocycles. The first-order valence-electron chi connectivity index (χ1n) is 8.06. The summed E-state index contributed by atoms with van der Waals surface area (Å²) in [6, 6.07) is 3.78. The van der Waals surface area contributed by atoms with Gasteiger partial charge in [-0.25, -0.2) is 4.98 Å². The lowest BCUT2D eigenvalue weighted by Gasteiger charge is -2.31. The van der Waals surface area contributed by atoms with Gasteiger partial charge < -0.3 is 9.64 Å². The molecule has 2 rings (SSSR count). The minimum absolute atomic E-state index is 0.0378. The molecular formula is C17H20F3N3O2. The second-order valence-electron chi connectivity index (χ2n) is 6.38. The van der Waals surface area contributed by atoms with Crippen LogP contribution in [0.4, 0.5) is 19.0 Å². The minimum Gasteiger partial charge on any atom is -0.466 e. The Morgan fingerprint density at radius 1 is 1.48 bits per heavy atom. The predicted octanol–water partition coefficient (Wildman–Crippen LogP) is 3.39. The third kappa shape index (κ3) is 3.55. The molecule has 1 atom stereocenters. The van der Waals surface area contributed by atoms with Crippen molar-refractivity contribution in [2.45, 2.75) is 33.4 Å². The second-order valence-corrected chi connectivity index (χ2v) is 6.38. The fourth-order valence-electron chi connectivity index (χ4n) is 3.10. The van der Waals surface area contributed by atoms with Crippen LogP contribution in [0, 0.1) is 22.7 Å². The number of anilines is 1. The van der Waals surface area contributed by atoms with E-state index in [1.807, 2.05) is 19.9 Å². The number of hydrogen-bond donors (Lipinski definition) is 0. The first kappa shape index (κ1) is 19.0. The van der Waals surface area contributed by atoms with Crippen molar-refractivity contribution < 1.29 is 22.7 Å². The smallest absolute Gasteiger partial charge is 0.433 e. The van der Waals surface area contributed by atoms with E-state index in [0.29, 0.717) is 13.0 Å². The van der Waals surface area contributed by atoms with Gasteiger partial charge in [0.25, 0.3) is 0 Å². The minimum atomic E-state index is -4.60. The van der Waals surface area contributed by atoms with Crippen molar-refractivity contribution in [3.05, 3.63) is 23.4 Å². The molecule has 0 aromatic carbocycles. The molecule has 1 unspecified atom stereocenters. The van der Waals surface area contributed by atoms with Gasteiger partial charge in [-0.1, -0.05) is 13.8 Å². The highest BCUT2D eigenvalue weighted by Gasteiger charge is 2.49. The maximum absolute atomic E-state index is 13.0. The number of aromatic nitrogens is 1. The van der Waals surface area contributed by atoms with Crippen molar-refractivity contribution in [2.75, 3.05) is 24.6 Å². The summed E-state index contributed by atoms with van der Waals surface area (Å²) in [4.78, 5) is 17.7.